The molecule has 0 spiro atoms. The Morgan fingerprint density at radius 2 is 2.43 bits per heavy atom. The van der Waals surface area contributed by atoms with E-state index in [-0.39, 0.29) is 0 Å². The van der Waals surface area contributed by atoms with E-state index >= 15 is 0 Å². The van der Waals surface area contributed by atoms with Crippen molar-refractivity contribution in [1.82, 2.24) is 9.55 Å². The molecule has 2 N–H and O–H groups in total. The topological polar surface area (TPSA) is 43.8 Å². The molecule has 1 aliphatic rings. The van der Waals surface area contributed by atoms with Gasteiger partial charge in [0.05, 0.1) is 0 Å². The molecule has 1 aliphatic carbocycles. The summed E-state index contributed by atoms with van der Waals surface area (Å²) >= 11 is 0. The van der Waals surface area contributed by atoms with E-state index in [0.717, 1.165) is 18.8 Å². The molecule has 3 heteroatoms. The number of nitrogens with two attached hydrogens (primary N) is 1. The molecule has 3 nitrogen and oxygen atoms in total. The van der Waals surface area contributed by atoms with Gasteiger partial charge in [-0.2, -0.15) is 0 Å². The van der Waals surface area contributed by atoms with Crippen LogP contribution < -0.4 is 5.73 Å². The summed E-state index contributed by atoms with van der Waals surface area (Å²) < 4.78 is 2.09. The van der Waals surface area contributed by atoms with E-state index in [0.29, 0.717) is 6.04 Å². The first-order valence-electron chi connectivity index (χ1n) is 5.49. The van der Waals surface area contributed by atoms with Crippen LogP contribution in [0.25, 0.3) is 0 Å². The first kappa shape index (κ1) is 9.71. The van der Waals surface area contributed by atoms with Gasteiger partial charge in [0, 0.05) is 31.9 Å². The lowest BCUT2D eigenvalue weighted by molar-refractivity contribution is 0.521. The third kappa shape index (κ3) is 2.35. The summed E-state index contributed by atoms with van der Waals surface area (Å²) in [4.78, 5) is 4.30. The Morgan fingerprint density at radius 1 is 1.64 bits per heavy atom. The smallest absolute Gasteiger partial charge is 0.108 e. The normalized spacial score (nSPS) is 18.4. The Morgan fingerprint density at radius 3 is 3.00 bits per heavy atom. The minimum Gasteiger partial charge on any atom is -0.338 e. The monoisotopic (exact) mass is 193 g/mol. The van der Waals surface area contributed by atoms with Crippen LogP contribution in [0.1, 0.15) is 31.5 Å². The SMILES string of the molecule is Cn1ccnc1CCCC(N)C1CC1. The van der Waals surface area contributed by atoms with Crippen LogP contribution in [0, 0.1) is 5.92 Å². The van der Waals surface area contributed by atoms with E-state index in [4.69, 9.17) is 5.73 Å². The van der Waals surface area contributed by atoms with Crippen LogP contribution >= 0.6 is 0 Å². The van der Waals surface area contributed by atoms with Crippen molar-refractivity contribution in [2.75, 3.05) is 0 Å². The number of imidazole rings is 1. The van der Waals surface area contributed by atoms with Gasteiger partial charge in [-0.15, -0.1) is 0 Å². The second-order valence-electron chi connectivity index (χ2n) is 4.35. The van der Waals surface area contributed by atoms with Crippen molar-refractivity contribution in [3.8, 4) is 0 Å². The third-order valence-electron chi connectivity index (χ3n) is 3.09. The number of nitrogens with zero attached hydrogens (tertiary/aromatic N) is 2. The van der Waals surface area contributed by atoms with Crippen molar-refractivity contribution in [3.63, 3.8) is 0 Å². The van der Waals surface area contributed by atoms with Crippen molar-refractivity contribution in [1.29, 1.82) is 0 Å². The molecule has 1 saturated carbocycles. The summed E-state index contributed by atoms with van der Waals surface area (Å²) in [6.07, 6.45) is 9.93. The van der Waals surface area contributed by atoms with E-state index in [2.05, 4.69) is 9.55 Å². The Balaban J connectivity index is 1.69. The lowest BCUT2D eigenvalue weighted by Crippen LogP contribution is -2.22. The summed E-state index contributed by atoms with van der Waals surface area (Å²) in [6, 6.07) is 0.440. The predicted octanol–water partition coefficient (Wildman–Crippen LogP) is 1.48. The van der Waals surface area contributed by atoms with Gasteiger partial charge in [-0.05, 0) is 31.6 Å². The molecule has 0 bridgehead atoms. The number of rotatable bonds is 5. The average Bonchev–Trinajstić information content (AvgIpc) is 2.93. The van der Waals surface area contributed by atoms with E-state index in [9.17, 15) is 0 Å². The zero-order valence-corrected chi connectivity index (χ0v) is 8.82. The lowest BCUT2D eigenvalue weighted by atomic mass is 10.1. The van der Waals surface area contributed by atoms with Crippen molar-refractivity contribution in [2.45, 2.75) is 38.1 Å². The van der Waals surface area contributed by atoms with E-state index in [1.165, 1.54) is 25.1 Å². The molecule has 0 amide bonds. The van der Waals surface area contributed by atoms with Crippen LogP contribution in [0.3, 0.4) is 0 Å². The lowest BCUT2D eigenvalue weighted by Gasteiger charge is -2.09. The number of hydrogen-bond donors (Lipinski definition) is 1. The molecule has 0 aromatic carbocycles. The molecule has 1 atom stereocenters. The van der Waals surface area contributed by atoms with Crippen molar-refractivity contribution >= 4 is 0 Å². The molecule has 1 fully saturated rings. The van der Waals surface area contributed by atoms with Gasteiger partial charge < -0.3 is 10.3 Å². The maximum atomic E-state index is 6.03. The van der Waals surface area contributed by atoms with Gasteiger partial charge in [0.15, 0.2) is 0 Å². The molecule has 0 saturated heterocycles. The highest BCUT2D eigenvalue weighted by molar-refractivity contribution is 4.92. The highest BCUT2D eigenvalue weighted by Gasteiger charge is 2.27. The second kappa shape index (κ2) is 4.13. The molecule has 0 aliphatic heterocycles. The molecule has 2 rings (SSSR count). The van der Waals surface area contributed by atoms with Crippen LogP contribution in [-0.2, 0) is 13.5 Å². The first-order valence-corrected chi connectivity index (χ1v) is 5.49. The first-order chi connectivity index (χ1) is 6.77. The molecule has 1 unspecified atom stereocenters. The number of hydrogen-bond acceptors (Lipinski definition) is 2. The fourth-order valence-electron chi connectivity index (χ4n) is 1.89. The summed E-state index contributed by atoms with van der Waals surface area (Å²) in [7, 11) is 2.04. The van der Waals surface area contributed by atoms with Gasteiger partial charge in [0.1, 0.15) is 5.82 Å². The fourth-order valence-corrected chi connectivity index (χ4v) is 1.89. The van der Waals surface area contributed by atoms with Gasteiger partial charge in [0.25, 0.3) is 0 Å². The molecule has 14 heavy (non-hydrogen) atoms. The predicted molar refractivity (Wildman–Crippen MR) is 56.8 cm³/mol. The van der Waals surface area contributed by atoms with Crippen LogP contribution in [0.15, 0.2) is 12.4 Å². The second-order valence-corrected chi connectivity index (χ2v) is 4.35. The molecule has 1 heterocycles. The largest absolute Gasteiger partial charge is 0.338 e. The Bertz CT molecular complexity index is 288. The van der Waals surface area contributed by atoms with Gasteiger partial charge in [-0.1, -0.05) is 0 Å². The summed E-state index contributed by atoms with van der Waals surface area (Å²) in [6.45, 7) is 0. The van der Waals surface area contributed by atoms with Crippen molar-refractivity contribution in [3.05, 3.63) is 18.2 Å². The summed E-state index contributed by atoms with van der Waals surface area (Å²) in [5, 5.41) is 0. The standard InChI is InChI=1S/C11H19N3/c1-14-8-7-13-11(14)4-2-3-10(12)9-5-6-9/h7-10H,2-6,12H2,1H3. The maximum absolute atomic E-state index is 6.03. The summed E-state index contributed by atoms with van der Waals surface area (Å²) in [5.74, 6) is 2.00. The van der Waals surface area contributed by atoms with E-state index in [1.54, 1.807) is 0 Å². The minimum atomic E-state index is 0.440. The van der Waals surface area contributed by atoms with Crippen LogP contribution in [-0.4, -0.2) is 15.6 Å². The zero-order valence-electron chi connectivity index (χ0n) is 8.82. The van der Waals surface area contributed by atoms with Crippen molar-refractivity contribution in [2.24, 2.45) is 18.7 Å². The molecule has 1 aromatic heterocycles. The van der Waals surface area contributed by atoms with Gasteiger partial charge in [-0.25, -0.2) is 4.98 Å². The molecular weight excluding hydrogens is 174 g/mol. The number of aromatic nitrogens is 2. The Hall–Kier alpha value is -0.830. The average molecular weight is 193 g/mol. The van der Waals surface area contributed by atoms with Crippen LogP contribution in [0.5, 0.6) is 0 Å². The highest BCUT2D eigenvalue weighted by atomic mass is 15.0. The number of aryl methyl sites for hydroxylation is 2. The molecule has 1 aromatic rings. The fraction of sp³-hybridized carbons (Fsp3) is 0.727. The van der Waals surface area contributed by atoms with E-state index in [1.807, 2.05) is 19.4 Å². The maximum Gasteiger partial charge on any atom is 0.108 e. The quantitative estimate of drug-likeness (QED) is 0.769. The molecule has 78 valence electrons. The van der Waals surface area contributed by atoms with E-state index < -0.39 is 0 Å². The van der Waals surface area contributed by atoms with Crippen LogP contribution in [0.4, 0.5) is 0 Å². The molecular formula is C11H19N3. The van der Waals surface area contributed by atoms with Gasteiger partial charge in [-0.3, -0.25) is 0 Å². The van der Waals surface area contributed by atoms with Crippen LogP contribution in [0.2, 0.25) is 0 Å². The minimum absolute atomic E-state index is 0.440. The zero-order chi connectivity index (χ0) is 9.97. The molecule has 0 radical (unpaired) electrons. The van der Waals surface area contributed by atoms with Gasteiger partial charge >= 0.3 is 0 Å². The summed E-state index contributed by atoms with van der Waals surface area (Å²) in [5.41, 5.74) is 6.03. The Labute approximate surface area is 85.3 Å². The Kier molecular flexibility index (Phi) is 2.87. The third-order valence-corrected chi connectivity index (χ3v) is 3.09. The highest BCUT2D eigenvalue weighted by Crippen LogP contribution is 2.33. The van der Waals surface area contributed by atoms with Crippen molar-refractivity contribution < 1.29 is 0 Å². The van der Waals surface area contributed by atoms with Gasteiger partial charge in [0.2, 0.25) is 0 Å².